The molecule has 0 spiro atoms. The van der Waals surface area contributed by atoms with E-state index < -0.39 is 10.8 Å². The average Bonchev–Trinajstić information content (AvgIpc) is 2.27. The predicted octanol–water partition coefficient (Wildman–Crippen LogP) is 2.83. The van der Waals surface area contributed by atoms with Gasteiger partial charge in [-0.2, -0.15) is 11.8 Å². The molecule has 0 aliphatic heterocycles. The quantitative estimate of drug-likeness (QED) is 0.629. The first-order valence-electron chi connectivity index (χ1n) is 5.47. The lowest BCUT2D eigenvalue weighted by Gasteiger charge is -2.06. The second kappa shape index (κ2) is 6.97. The van der Waals surface area contributed by atoms with Gasteiger partial charge in [0.1, 0.15) is 0 Å². The van der Waals surface area contributed by atoms with Crippen molar-refractivity contribution < 1.29 is 4.21 Å². The molecule has 16 heavy (non-hydrogen) atoms. The lowest BCUT2D eigenvalue weighted by atomic mass is 10.2. The zero-order chi connectivity index (χ0) is 12.0. The summed E-state index contributed by atoms with van der Waals surface area (Å²) in [6.07, 6.45) is 0.999. The van der Waals surface area contributed by atoms with Crippen molar-refractivity contribution in [1.29, 1.82) is 0 Å². The van der Waals surface area contributed by atoms with E-state index in [1.807, 2.05) is 36.9 Å². The van der Waals surface area contributed by atoms with Crippen LogP contribution in [0.2, 0.25) is 0 Å². The highest BCUT2D eigenvalue weighted by atomic mass is 32.2. The normalized spacial score (nSPS) is 12.6. The Morgan fingerprint density at radius 2 is 2.19 bits per heavy atom. The first-order chi connectivity index (χ1) is 7.65. The van der Waals surface area contributed by atoms with E-state index in [1.54, 1.807) is 0 Å². The number of benzene rings is 1. The molecule has 0 radical (unpaired) electrons. The van der Waals surface area contributed by atoms with Crippen LogP contribution in [0.25, 0.3) is 0 Å². The summed E-state index contributed by atoms with van der Waals surface area (Å²) >= 11 is 1.89. The molecule has 1 aromatic rings. The Bertz CT molecular complexity index is 366. The molecule has 0 bridgehead atoms. The lowest BCUT2D eigenvalue weighted by molar-refractivity contribution is 0.681. The van der Waals surface area contributed by atoms with Crippen LogP contribution in [0.5, 0.6) is 0 Å². The molecule has 0 saturated heterocycles. The Morgan fingerprint density at radius 3 is 2.88 bits per heavy atom. The van der Waals surface area contributed by atoms with Crippen molar-refractivity contribution >= 4 is 28.2 Å². The Morgan fingerprint density at radius 1 is 1.44 bits per heavy atom. The van der Waals surface area contributed by atoms with E-state index in [9.17, 15) is 4.21 Å². The molecule has 4 heteroatoms. The molecule has 0 aromatic heterocycles. The van der Waals surface area contributed by atoms with Crippen molar-refractivity contribution in [1.82, 2.24) is 0 Å². The van der Waals surface area contributed by atoms with Crippen molar-refractivity contribution in [3.8, 4) is 0 Å². The summed E-state index contributed by atoms with van der Waals surface area (Å²) in [5.74, 6) is 2.95. The summed E-state index contributed by atoms with van der Waals surface area (Å²) in [5, 5.41) is 0. The van der Waals surface area contributed by atoms with E-state index in [0.29, 0.717) is 5.69 Å². The first-order valence-corrected chi connectivity index (χ1v) is 7.94. The third-order valence-electron chi connectivity index (χ3n) is 2.28. The molecule has 0 saturated carbocycles. The second-order valence-electron chi connectivity index (χ2n) is 3.63. The van der Waals surface area contributed by atoms with Crippen molar-refractivity contribution in [2.45, 2.75) is 25.2 Å². The Balaban J connectivity index is 2.55. The standard InChI is InChI=1S/C12H19NOS2/c1-3-15-7-4-8-16(14)12-9-11(13)6-5-10(12)2/h5-6,9H,3-4,7-8,13H2,1-2H3. The van der Waals surface area contributed by atoms with Gasteiger partial charge < -0.3 is 5.73 Å². The molecule has 0 heterocycles. The summed E-state index contributed by atoms with van der Waals surface area (Å²) in [6, 6.07) is 5.62. The van der Waals surface area contributed by atoms with Gasteiger partial charge in [-0.1, -0.05) is 13.0 Å². The summed E-state index contributed by atoms with van der Waals surface area (Å²) in [5.41, 5.74) is 7.46. The number of aryl methyl sites for hydroxylation is 1. The Hall–Kier alpha value is -0.480. The highest BCUT2D eigenvalue weighted by Gasteiger charge is 2.07. The largest absolute Gasteiger partial charge is 0.399 e. The Labute approximate surface area is 104 Å². The van der Waals surface area contributed by atoms with Crippen LogP contribution in [0.1, 0.15) is 18.9 Å². The Kier molecular flexibility index (Phi) is 5.91. The van der Waals surface area contributed by atoms with Gasteiger partial charge in [0, 0.05) is 16.3 Å². The first kappa shape index (κ1) is 13.6. The van der Waals surface area contributed by atoms with E-state index in [1.165, 1.54) is 0 Å². The summed E-state index contributed by atoms with van der Waals surface area (Å²) in [6.45, 7) is 4.12. The zero-order valence-electron chi connectivity index (χ0n) is 9.86. The van der Waals surface area contributed by atoms with Crippen molar-refractivity contribution in [3.63, 3.8) is 0 Å². The number of anilines is 1. The number of rotatable bonds is 6. The molecule has 90 valence electrons. The summed E-state index contributed by atoms with van der Waals surface area (Å²) < 4.78 is 12.0. The van der Waals surface area contributed by atoms with Crippen LogP contribution in [0, 0.1) is 6.92 Å². The fourth-order valence-electron chi connectivity index (χ4n) is 1.41. The van der Waals surface area contributed by atoms with Crippen LogP contribution in [0.3, 0.4) is 0 Å². The molecule has 1 aromatic carbocycles. The van der Waals surface area contributed by atoms with Gasteiger partial charge in [-0.25, -0.2) is 0 Å². The van der Waals surface area contributed by atoms with Crippen molar-refractivity contribution in [2.75, 3.05) is 23.0 Å². The fourth-order valence-corrected chi connectivity index (χ4v) is 3.55. The molecule has 2 N–H and O–H groups in total. The van der Waals surface area contributed by atoms with E-state index in [2.05, 4.69) is 6.92 Å². The van der Waals surface area contributed by atoms with Gasteiger partial charge in [0.15, 0.2) is 0 Å². The highest BCUT2D eigenvalue weighted by Crippen LogP contribution is 2.17. The summed E-state index contributed by atoms with van der Waals surface area (Å²) in [7, 11) is -0.902. The molecule has 0 aliphatic rings. The second-order valence-corrected chi connectivity index (χ2v) is 6.56. The van der Waals surface area contributed by atoms with E-state index in [4.69, 9.17) is 5.73 Å². The third-order valence-corrected chi connectivity index (χ3v) is 4.86. The van der Waals surface area contributed by atoms with Gasteiger partial charge in [0.2, 0.25) is 0 Å². The molecule has 1 atom stereocenters. The predicted molar refractivity (Wildman–Crippen MR) is 74.5 cm³/mol. The lowest BCUT2D eigenvalue weighted by Crippen LogP contribution is -2.02. The maximum absolute atomic E-state index is 12.0. The van der Waals surface area contributed by atoms with Crippen LogP contribution in [-0.4, -0.2) is 21.5 Å². The fraction of sp³-hybridized carbons (Fsp3) is 0.500. The van der Waals surface area contributed by atoms with E-state index >= 15 is 0 Å². The molecular formula is C12H19NOS2. The maximum atomic E-state index is 12.0. The van der Waals surface area contributed by atoms with Gasteiger partial charge in [-0.05, 0) is 42.5 Å². The van der Waals surface area contributed by atoms with E-state index in [0.717, 1.165) is 34.1 Å². The number of nitrogens with two attached hydrogens (primary N) is 1. The minimum absolute atomic E-state index is 0.692. The number of thioether (sulfide) groups is 1. The number of nitrogen functional groups attached to an aromatic ring is 1. The van der Waals surface area contributed by atoms with Gasteiger partial charge in [0.25, 0.3) is 0 Å². The number of hydrogen-bond donors (Lipinski definition) is 1. The van der Waals surface area contributed by atoms with Gasteiger partial charge in [-0.3, -0.25) is 4.21 Å². The third kappa shape index (κ3) is 4.18. The molecule has 1 rings (SSSR count). The smallest absolute Gasteiger partial charge is 0.0533 e. The van der Waals surface area contributed by atoms with Crippen LogP contribution < -0.4 is 5.73 Å². The van der Waals surface area contributed by atoms with Crippen LogP contribution in [0.4, 0.5) is 5.69 Å². The van der Waals surface area contributed by atoms with Crippen LogP contribution in [-0.2, 0) is 10.8 Å². The number of hydrogen-bond acceptors (Lipinski definition) is 3. The molecule has 1 unspecified atom stereocenters. The summed E-state index contributed by atoms with van der Waals surface area (Å²) in [4.78, 5) is 0.890. The highest BCUT2D eigenvalue weighted by molar-refractivity contribution is 7.99. The minimum atomic E-state index is -0.902. The monoisotopic (exact) mass is 257 g/mol. The SMILES string of the molecule is CCSCCCS(=O)c1cc(N)ccc1C. The maximum Gasteiger partial charge on any atom is 0.0533 e. The van der Waals surface area contributed by atoms with Crippen molar-refractivity contribution in [2.24, 2.45) is 0 Å². The van der Waals surface area contributed by atoms with E-state index in [-0.39, 0.29) is 0 Å². The van der Waals surface area contributed by atoms with Crippen LogP contribution in [0.15, 0.2) is 23.1 Å². The van der Waals surface area contributed by atoms with Crippen LogP contribution >= 0.6 is 11.8 Å². The van der Waals surface area contributed by atoms with Crippen molar-refractivity contribution in [3.05, 3.63) is 23.8 Å². The molecule has 0 amide bonds. The minimum Gasteiger partial charge on any atom is -0.399 e. The zero-order valence-corrected chi connectivity index (χ0v) is 11.5. The molecule has 0 fully saturated rings. The van der Waals surface area contributed by atoms with Gasteiger partial charge >= 0.3 is 0 Å². The molecular weight excluding hydrogens is 238 g/mol. The average molecular weight is 257 g/mol. The van der Waals surface area contributed by atoms with Gasteiger partial charge in [0.05, 0.1) is 10.8 Å². The molecule has 2 nitrogen and oxygen atoms in total. The van der Waals surface area contributed by atoms with Gasteiger partial charge in [-0.15, -0.1) is 0 Å². The molecule has 0 aliphatic carbocycles. The topological polar surface area (TPSA) is 43.1 Å².